The maximum Gasteiger partial charge on any atom is 0.416 e. The molecule has 5 nitrogen and oxygen atoms in total. The Labute approximate surface area is 202 Å². The van der Waals surface area contributed by atoms with Gasteiger partial charge in [-0.1, -0.05) is 18.2 Å². The Kier molecular flexibility index (Phi) is 6.74. The Balaban J connectivity index is 1.67. The van der Waals surface area contributed by atoms with Crippen molar-refractivity contribution in [2.24, 2.45) is 0 Å². The van der Waals surface area contributed by atoms with Gasteiger partial charge in [0, 0.05) is 30.5 Å². The third kappa shape index (κ3) is 6.12. The molecule has 1 aliphatic rings. The number of anilines is 1. The molecule has 0 spiro atoms. The number of ether oxygens (including phenoxy) is 1. The van der Waals surface area contributed by atoms with Gasteiger partial charge >= 0.3 is 12.3 Å². The molecule has 0 radical (unpaired) electrons. The second-order valence-electron chi connectivity index (χ2n) is 9.57. The summed E-state index contributed by atoms with van der Waals surface area (Å²) >= 11 is 0. The highest BCUT2D eigenvalue weighted by atomic mass is 19.4. The number of benzene rings is 2. The summed E-state index contributed by atoms with van der Waals surface area (Å²) < 4.78 is 44.8. The number of carbonyl (C=O) groups is 1. The van der Waals surface area contributed by atoms with E-state index in [0.717, 1.165) is 40.2 Å². The highest BCUT2D eigenvalue weighted by Gasteiger charge is 2.30. The van der Waals surface area contributed by atoms with Crippen LogP contribution in [0.15, 0.2) is 60.8 Å². The van der Waals surface area contributed by atoms with E-state index in [0.29, 0.717) is 31.6 Å². The number of fused-ring (bicyclic) bond motifs is 1. The minimum absolute atomic E-state index is 0.373. The lowest BCUT2D eigenvalue weighted by Crippen LogP contribution is -2.39. The number of hydrogen-bond acceptors (Lipinski definition) is 4. The lowest BCUT2D eigenvalue weighted by Gasteiger charge is -2.32. The topological polar surface area (TPSA) is 54.5 Å². The summed E-state index contributed by atoms with van der Waals surface area (Å²) in [5, 5.41) is 3.40. The molecule has 8 heteroatoms. The first-order chi connectivity index (χ1) is 16.5. The molecule has 0 unspecified atom stereocenters. The molecule has 4 rings (SSSR count). The third-order valence-electron chi connectivity index (χ3n) is 5.71. The zero-order valence-electron chi connectivity index (χ0n) is 19.9. The van der Waals surface area contributed by atoms with Gasteiger partial charge < -0.3 is 15.0 Å². The van der Waals surface area contributed by atoms with E-state index in [9.17, 15) is 18.0 Å². The Morgan fingerprint density at radius 2 is 1.80 bits per heavy atom. The van der Waals surface area contributed by atoms with Crippen molar-refractivity contribution >= 4 is 11.8 Å². The summed E-state index contributed by atoms with van der Waals surface area (Å²) in [5.41, 5.74) is 3.81. The normalized spacial score (nSPS) is 13.8. The van der Waals surface area contributed by atoms with Crippen LogP contribution in [0.5, 0.6) is 0 Å². The van der Waals surface area contributed by atoms with Crippen molar-refractivity contribution in [1.29, 1.82) is 0 Å². The maximum absolute atomic E-state index is 13.1. The van der Waals surface area contributed by atoms with Gasteiger partial charge in [0.1, 0.15) is 5.60 Å². The molecule has 0 fully saturated rings. The van der Waals surface area contributed by atoms with Crippen molar-refractivity contribution in [3.63, 3.8) is 0 Å². The van der Waals surface area contributed by atoms with Crippen LogP contribution in [0.1, 0.15) is 43.2 Å². The van der Waals surface area contributed by atoms with E-state index in [-0.39, 0.29) is 6.09 Å². The average molecular weight is 484 g/mol. The predicted molar refractivity (Wildman–Crippen MR) is 129 cm³/mol. The summed E-state index contributed by atoms with van der Waals surface area (Å²) in [4.78, 5) is 18.6. The minimum Gasteiger partial charge on any atom is -0.444 e. The van der Waals surface area contributed by atoms with E-state index in [2.05, 4.69) is 10.3 Å². The van der Waals surface area contributed by atoms with Gasteiger partial charge in [0.15, 0.2) is 0 Å². The van der Waals surface area contributed by atoms with Crippen molar-refractivity contribution in [3.05, 3.63) is 83.2 Å². The van der Waals surface area contributed by atoms with Crippen molar-refractivity contribution < 1.29 is 22.7 Å². The molecule has 1 aliphatic heterocycles. The first-order valence-corrected chi connectivity index (χ1v) is 11.4. The molecule has 1 aromatic heterocycles. The Morgan fingerprint density at radius 3 is 2.43 bits per heavy atom. The van der Waals surface area contributed by atoms with E-state index < -0.39 is 17.3 Å². The van der Waals surface area contributed by atoms with Crippen LogP contribution < -0.4 is 5.32 Å². The second kappa shape index (κ2) is 9.60. The Bertz CT molecular complexity index is 1190. The van der Waals surface area contributed by atoms with Crippen LogP contribution in [0.25, 0.3) is 11.1 Å². The van der Waals surface area contributed by atoms with Crippen molar-refractivity contribution in [1.82, 2.24) is 9.88 Å². The van der Waals surface area contributed by atoms with Crippen LogP contribution in [0, 0.1) is 0 Å². The quantitative estimate of drug-likeness (QED) is 0.450. The largest absolute Gasteiger partial charge is 0.444 e. The van der Waals surface area contributed by atoms with Crippen LogP contribution in [0.3, 0.4) is 0 Å². The van der Waals surface area contributed by atoms with Crippen LogP contribution in [0.4, 0.5) is 23.7 Å². The number of hydrogen-bond donors (Lipinski definition) is 1. The Morgan fingerprint density at radius 1 is 1.06 bits per heavy atom. The molecular weight excluding hydrogens is 455 g/mol. The number of pyridine rings is 1. The SMILES string of the molecule is CC(C)(C)OC(=O)N1CCc2cc(NCc3ccccn3)c(-c3ccc(C(F)(F)F)cc3)cc2C1. The molecule has 0 saturated heterocycles. The first-order valence-electron chi connectivity index (χ1n) is 11.4. The minimum atomic E-state index is -4.40. The van der Waals surface area contributed by atoms with Crippen molar-refractivity contribution in [2.75, 3.05) is 11.9 Å². The molecule has 1 N–H and O–H groups in total. The number of aromatic nitrogens is 1. The van der Waals surface area contributed by atoms with E-state index in [1.807, 2.05) is 51.1 Å². The highest BCUT2D eigenvalue weighted by molar-refractivity contribution is 5.80. The number of amides is 1. The second-order valence-corrected chi connectivity index (χ2v) is 9.57. The Hall–Kier alpha value is -3.55. The first kappa shape index (κ1) is 24.6. The predicted octanol–water partition coefficient (Wildman–Crippen LogP) is 6.67. The van der Waals surface area contributed by atoms with Gasteiger partial charge in [0.2, 0.25) is 0 Å². The molecule has 184 valence electrons. The molecule has 0 saturated carbocycles. The fourth-order valence-corrected chi connectivity index (χ4v) is 4.00. The monoisotopic (exact) mass is 483 g/mol. The fraction of sp³-hybridized carbons (Fsp3) is 0.333. The van der Waals surface area contributed by atoms with Gasteiger partial charge in [-0.3, -0.25) is 4.98 Å². The standard InChI is InChI=1S/C27H28F3N3O2/c1-26(2,3)35-25(34)33-13-11-19-15-24(32-16-22-6-4-5-12-31-22)23(14-20(19)17-33)18-7-9-21(10-8-18)27(28,29)30/h4-10,12,14-15,32H,11,13,16-17H2,1-3H3. The molecule has 2 heterocycles. The van der Waals surface area contributed by atoms with Crippen LogP contribution in [-0.2, 0) is 30.4 Å². The average Bonchev–Trinajstić information content (AvgIpc) is 2.81. The summed E-state index contributed by atoms with van der Waals surface area (Å²) in [5.74, 6) is 0. The summed E-state index contributed by atoms with van der Waals surface area (Å²) in [7, 11) is 0. The van der Waals surface area contributed by atoms with Crippen LogP contribution >= 0.6 is 0 Å². The van der Waals surface area contributed by atoms with E-state index in [1.165, 1.54) is 12.1 Å². The zero-order chi connectivity index (χ0) is 25.2. The molecule has 1 amide bonds. The van der Waals surface area contributed by atoms with Gasteiger partial charge in [0.05, 0.1) is 17.8 Å². The molecule has 0 aliphatic carbocycles. The summed E-state index contributed by atoms with van der Waals surface area (Å²) in [6, 6.07) is 14.8. The van der Waals surface area contributed by atoms with Gasteiger partial charge in [0.25, 0.3) is 0 Å². The number of nitrogens with one attached hydrogen (secondary N) is 1. The smallest absolute Gasteiger partial charge is 0.416 e. The number of nitrogens with zero attached hydrogens (tertiary/aromatic N) is 2. The van der Waals surface area contributed by atoms with Crippen molar-refractivity contribution in [2.45, 2.75) is 52.1 Å². The van der Waals surface area contributed by atoms with Crippen LogP contribution in [-0.4, -0.2) is 28.1 Å². The third-order valence-corrected chi connectivity index (χ3v) is 5.71. The number of halogens is 3. The summed E-state index contributed by atoms with van der Waals surface area (Å²) in [6.45, 7) is 6.85. The number of carbonyl (C=O) groups excluding carboxylic acids is 1. The molecule has 3 aromatic rings. The van der Waals surface area contributed by atoms with E-state index in [4.69, 9.17) is 4.74 Å². The zero-order valence-corrected chi connectivity index (χ0v) is 19.9. The lowest BCUT2D eigenvalue weighted by molar-refractivity contribution is -0.137. The summed E-state index contributed by atoms with van der Waals surface area (Å²) in [6.07, 6.45) is -2.41. The van der Waals surface area contributed by atoms with E-state index in [1.54, 1.807) is 11.1 Å². The lowest BCUT2D eigenvalue weighted by atomic mass is 9.92. The molecule has 0 atom stereocenters. The number of rotatable bonds is 4. The fourth-order valence-electron chi connectivity index (χ4n) is 4.00. The van der Waals surface area contributed by atoms with E-state index >= 15 is 0 Å². The maximum atomic E-state index is 13.1. The number of alkyl halides is 3. The van der Waals surface area contributed by atoms with Gasteiger partial charge in [-0.05, 0) is 80.3 Å². The van der Waals surface area contributed by atoms with Crippen molar-refractivity contribution in [3.8, 4) is 11.1 Å². The van der Waals surface area contributed by atoms with Gasteiger partial charge in [-0.2, -0.15) is 13.2 Å². The van der Waals surface area contributed by atoms with Crippen LogP contribution in [0.2, 0.25) is 0 Å². The highest BCUT2D eigenvalue weighted by Crippen LogP contribution is 2.36. The van der Waals surface area contributed by atoms with Gasteiger partial charge in [-0.15, -0.1) is 0 Å². The molecule has 0 bridgehead atoms. The molecular formula is C27H28F3N3O2. The molecule has 35 heavy (non-hydrogen) atoms. The molecule has 2 aromatic carbocycles. The van der Waals surface area contributed by atoms with Gasteiger partial charge in [-0.25, -0.2) is 4.79 Å².